The summed E-state index contributed by atoms with van der Waals surface area (Å²) in [6, 6.07) is 0.428. The fourth-order valence-corrected chi connectivity index (χ4v) is 1.66. The molecule has 8 heteroatoms. The maximum absolute atomic E-state index is 5.84. The number of halogens is 1. The Kier molecular flexibility index (Phi) is 2.40. The van der Waals surface area contributed by atoms with Gasteiger partial charge in [0, 0.05) is 6.04 Å². The second-order valence-electron chi connectivity index (χ2n) is 4.03. The summed E-state index contributed by atoms with van der Waals surface area (Å²) in [5.41, 5.74) is 0. The van der Waals surface area contributed by atoms with Gasteiger partial charge in [-0.25, -0.2) is 4.98 Å². The molecule has 17 heavy (non-hydrogen) atoms. The van der Waals surface area contributed by atoms with E-state index in [0.717, 1.165) is 6.42 Å². The molecule has 0 spiro atoms. The second-order valence-corrected chi connectivity index (χ2v) is 4.37. The number of aromatic nitrogens is 6. The Morgan fingerprint density at radius 2 is 2.24 bits per heavy atom. The van der Waals surface area contributed by atoms with Gasteiger partial charge >= 0.3 is 0 Å². The molecule has 0 saturated heterocycles. The Balaban J connectivity index is 1.89. The van der Waals surface area contributed by atoms with Crippen LogP contribution in [0, 0.1) is 5.92 Å². The van der Waals surface area contributed by atoms with Crippen molar-refractivity contribution >= 4 is 17.5 Å². The summed E-state index contributed by atoms with van der Waals surface area (Å²) < 4.78 is 1.44. The Hall–Kier alpha value is -1.76. The van der Waals surface area contributed by atoms with Crippen molar-refractivity contribution in [3.63, 3.8) is 0 Å². The molecule has 7 nitrogen and oxygen atoms in total. The van der Waals surface area contributed by atoms with Crippen LogP contribution >= 0.6 is 11.6 Å². The Labute approximate surface area is 102 Å². The Bertz CT molecular complexity index is 526. The smallest absolute Gasteiger partial charge is 0.258 e. The molecule has 1 aliphatic rings. The van der Waals surface area contributed by atoms with Gasteiger partial charge in [0.25, 0.3) is 5.95 Å². The summed E-state index contributed by atoms with van der Waals surface area (Å²) in [5.74, 6) is 1.49. The molecule has 1 aliphatic carbocycles. The number of rotatable bonds is 3. The average molecular weight is 252 g/mol. The lowest BCUT2D eigenvalue weighted by atomic mass is 10.5. The van der Waals surface area contributed by atoms with Crippen molar-refractivity contribution < 1.29 is 0 Å². The summed E-state index contributed by atoms with van der Waals surface area (Å²) in [6.45, 7) is 2.17. The maximum atomic E-state index is 5.84. The molecule has 1 fully saturated rings. The molecule has 1 N–H and O–H groups in total. The van der Waals surface area contributed by atoms with E-state index in [1.54, 1.807) is 0 Å². The van der Waals surface area contributed by atoms with Crippen LogP contribution in [0.2, 0.25) is 5.28 Å². The zero-order chi connectivity index (χ0) is 11.8. The second kappa shape index (κ2) is 3.92. The van der Waals surface area contributed by atoms with Crippen LogP contribution in [0.25, 0.3) is 5.95 Å². The molecule has 2 aromatic heterocycles. The largest absolute Gasteiger partial charge is 0.351 e. The van der Waals surface area contributed by atoms with Gasteiger partial charge in [-0.3, -0.25) is 0 Å². The highest BCUT2D eigenvalue weighted by atomic mass is 35.5. The van der Waals surface area contributed by atoms with Crippen LogP contribution in [0.4, 0.5) is 5.95 Å². The zero-order valence-electron chi connectivity index (χ0n) is 9.08. The molecule has 88 valence electrons. The summed E-state index contributed by atoms with van der Waals surface area (Å²) in [5, 5.41) is 7.29. The molecule has 2 atom stereocenters. The lowest BCUT2D eigenvalue weighted by Gasteiger charge is -2.05. The predicted octanol–water partition coefficient (Wildman–Crippen LogP) is 0.926. The number of hydrogen-bond acceptors (Lipinski definition) is 6. The molecule has 3 rings (SSSR count). The van der Waals surface area contributed by atoms with Gasteiger partial charge in [0.1, 0.15) is 12.7 Å². The monoisotopic (exact) mass is 251 g/mol. The van der Waals surface area contributed by atoms with Crippen molar-refractivity contribution in [2.75, 3.05) is 5.32 Å². The van der Waals surface area contributed by atoms with Crippen molar-refractivity contribution in [1.82, 2.24) is 29.7 Å². The van der Waals surface area contributed by atoms with Crippen molar-refractivity contribution in [2.24, 2.45) is 5.92 Å². The standard InChI is InChI=1S/C9H10ClN7/c1-5-2-6(5)13-8-14-7(10)15-9(16-8)17-4-11-3-12-17/h3-6H,2H2,1H3,(H,13,14,15,16). The number of anilines is 1. The molecule has 1 saturated carbocycles. The van der Waals surface area contributed by atoms with E-state index in [2.05, 4.69) is 37.3 Å². The molecule has 0 radical (unpaired) electrons. The van der Waals surface area contributed by atoms with Gasteiger partial charge in [0.15, 0.2) is 0 Å². The van der Waals surface area contributed by atoms with Gasteiger partial charge in [0.2, 0.25) is 11.2 Å². The first kappa shape index (κ1) is 10.4. The first-order valence-corrected chi connectivity index (χ1v) is 5.63. The van der Waals surface area contributed by atoms with Gasteiger partial charge in [-0.05, 0) is 23.9 Å². The zero-order valence-corrected chi connectivity index (χ0v) is 9.83. The van der Waals surface area contributed by atoms with Crippen LogP contribution in [-0.2, 0) is 0 Å². The predicted molar refractivity (Wildman–Crippen MR) is 60.9 cm³/mol. The van der Waals surface area contributed by atoms with Crippen LogP contribution in [-0.4, -0.2) is 35.8 Å². The van der Waals surface area contributed by atoms with Crippen molar-refractivity contribution in [3.8, 4) is 5.95 Å². The van der Waals surface area contributed by atoms with E-state index in [1.165, 1.54) is 17.3 Å². The van der Waals surface area contributed by atoms with E-state index in [-0.39, 0.29) is 5.28 Å². The minimum absolute atomic E-state index is 0.140. The van der Waals surface area contributed by atoms with Gasteiger partial charge < -0.3 is 5.32 Å². The summed E-state index contributed by atoms with van der Waals surface area (Å²) in [7, 11) is 0. The van der Waals surface area contributed by atoms with Gasteiger partial charge in [-0.2, -0.15) is 24.7 Å². The minimum atomic E-state index is 0.140. The van der Waals surface area contributed by atoms with Crippen molar-refractivity contribution in [1.29, 1.82) is 0 Å². The molecule has 0 amide bonds. The molecule has 2 heterocycles. The topological polar surface area (TPSA) is 81.4 Å². The van der Waals surface area contributed by atoms with Gasteiger partial charge in [-0.1, -0.05) is 6.92 Å². The highest BCUT2D eigenvalue weighted by Gasteiger charge is 2.33. The third-order valence-electron chi connectivity index (χ3n) is 2.64. The molecule has 2 unspecified atom stereocenters. The highest BCUT2D eigenvalue weighted by molar-refractivity contribution is 6.28. The van der Waals surface area contributed by atoms with E-state index in [1.807, 2.05) is 0 Å². The quantitative estimate of drug-likeness (QED) is 0.874. The summed E-state index contributed by atoms with van der Waals surface area (Å²) in [6.07, 6.45) is 4.05. The Morgan fingerprint density at radius 3 is 2.88 bits per heavy atom. The van der Waals surface area contributed by atoms with Crippen molar-refractivity contribution in [2.45, 2.75) is 19.4 Å². The van der Waals surface area contributed by atoms with E-state index in [0.29, 0.717) is 23.9 Å². The SMILES string of the molecule is CC1CC1Nc1nc(Cl)nc(-n2cncn2)n1. The lowest BCUT2D eigenvalue weighted by molar-refractivity contribution is 0.790. The van der Waals surface area contributed by atoms with Crippen molar-refractivity contribution in [3.05, 3.63) is 17.9 Å². The normalized spacial score (nSPS) is 22.5. The fraction of sp³-hybridized carbons (Fsp3) is 0.444. The number of nitrogens with zero attached hydrogens (tertiary/aromatic N) is 6. The first-order valence-electron chi connectivity index (χ1n) is 5.25. The van der Waals surface area contributed by atoms with E-state index < -0.39 is 0 Å². The molecular weight excluding hydrogens is 242 g/mol. The van der Waals surface area contributed by atoms with Gasteiger partial charge in [-0.15, -0.1) is 0 Å². The maximum Gasteiger partial charge on any atom is 0.258 e. The average Bonchev–Trinajstić information content (AvgIpc) is 2.83. The van der Waals surface area contributed by atoms with Crippen LogP contribution in [0.15, 0.2) is 12.7 Å². The van der Waals surface area contributed by atoms with E-state index >= 15 is 0 Å². The third-order valence-corrected chi connectivity index (χ3v) is 2.81. The van der Waals surface area contributed by atoms with Crippen LogP contribution in [0.5, 0.6) is 0 Å². The third kappa shape index (κ3) is 2.19. The fourth-order valence-electron chi connectivity index (χ4n) is 1.51. The van der Waals surface area contributed by atoms with E-state index in [4.69, 9.17) is 11.6 Å². The minimum Gasteiger partial charge on any atom is -0.351 e. The van der Waals surface area contributed by atoms with Gasteiger partial charge in [0.05, 0.1) is 0 Å². The number of nitrogens with one attached hydrogen (secondary N) is 1. The van der Waals surface area contributed by atoms with E-state index in [9.17, 15) is 0 Å². The van der Waals surface area contributed by atoms with Crippen LogP contribution in [0.3, 0.4) is 0 Å². The molecule has 2 aromatic rings. The van der Waals surface area contributed by atoms with Crippen LogP contribution in [0.1, 0.15) is 13.3 Å². The highest BCUT2D eigenvalue weighted by Crippen LogP contribution is 2.31. The molecule has 0 aromatic carbocycles. The summed E-state index contributed by atoms with van der Waals surface area (Å²) in [4.78, 5) is 16.1. The molecule has 0 aliphatic heterocycles. The first-order chi connectivity index (χ1) is 8.22. The number of hydrogen-bond donors (Lipinski definition) is 1. The molecule has 0 bridgehead atoms. The van der Waals surface area contributed by atoms with Crippen LogP contribution < -0.4 is 5.32 Å². The Morgan fingerprint density at radius 1 is 1.41 bits per heavy atom. The summed E-state index contributed by atoms with van der Waals surface area (Å²) >= 11 is 5.84. The molecular formula is C9H10ClN7. The lowest BCUT2D eigenvalue weighted by Crippen LogP contribution is -2.11.